The number of nitrogens with one attached hydrogen (secondary N) is 1. The summed E-state index contributed by atoms with van der Waals surface area (Å²) in [4.78, 5) is 16.0. The molecule has 3 rings (SSSR count). The maximum absolute atomic E-state index is 11.9. The van der Waals surface area contributed by atoms with Crippen LogP contribution in [0.2, 0.25) is 0 Å². The molecule has 3 heterocycles. The molecule has 1 atom stereocenters. The summed E-state index contributed by atoms with van der Waals surface area (Å²) in [6.45, 7) is 1.78. The highest BCUT2D eigenvalue weighted by Gasteiger charge is 2.32. The summed E-state index contributed by atoms with van der Waals surface area (Å²) in [6.07, 6.45) is 0.349. The van der Waals surface area contributed by atoms with Crippen LogP contribution in [0.3, 0.4) is 0 Å². The Hall–Kier alpha value is -2.23. The molecular formula is C12H14N4O5S. The van der Waals surface area contributed by atoms with Crippen molar-refractivity contribution in [2.24, 2.45) is 5.92 Å². The molecule has 1 N–H and O–H groups in total. The molecule has 2 aromatic rings. The van der Waals surface area contributed by atoms with Crippen molar-refractivity contribution in [1.82, 2.24) is 20.6 Å². The van der Waals surface area contributed by atoms with Crippen LogP contribution in [0.1, 0.15) is 18.1 Å². The normalized spacial score (nSPS) is 20.1. The molecule has 1 saturated heterocycles. The van der Waals surface area contributed by atoms with Crippen molar-refractivity contribution in [2.45, 2.75) is 19.9 Å². The number of carbonyl (C=O) groups is 1. The number of amides is 1. The molecule has 0 unspecified atom stereocenters. The number of carbonyl (C=O) groups excluding carboxylic acids is 1. The van der Waals surface area contributed by atoms with Crippen LogP contribution >= 0.6 is 0 Å². The number of sulfone groups is 1. The van der Waals surface area contributed by atoms with Crippen LogP contribution in [0.25, 0.3) is 11.5 Å². The second kappa shape index (κ2) is 5.52. The summed E-state index contributed by atoms with van der Waals surface area (Å²) in [5.41, 5.74) is 0.445. The van der Waals surface area contributed by atoms with Crippen molar-refractivity contribution in [1.29, 1.82) is 0 Å². The second-order valence-electron chi connectivity index (χ2n) is 5.15. The summed E-state index contributed by atoms with van der Waals surface area (Å²) >= 11 is 0. The van der Waals surface area contributed by atoms with Gasteiger partial charge in [-0.05, 0) is 13.3 Å². The number of rotatable bonds is 4. The first-order valence-electron chi connectivity index (χ1n) is 6.67. The topological polar surface area (TPSA) is 128 Å². The van der Waals surface area contributed by atoms with Crippen molar-refractivity contribution >= 4 is 15.7 Å². The van der Waals surface area contributed by atoms with E-state index in [0.29, 0.717) is 17.9 Å². The third-order valence-electron chi connectivity index (χ3n) is 3.34. The molecule has 1 aliphatic rings. The lowest BCUT2D eigenvalue weighted by Gasteiger charge is -2.06. The van der Waals surface area contributed by atoms with Gasteiger partial charge < -0.3 is 14.4 Å². The van der Waals surface area contributed by atoms with E-state index in [9.17, 15) is 13.2 Å². The van der Waals surface area contributed by atoms with Crippen molar-refractivity contribution in [3.63, 3.8) is 0 Å². The van der Waals surface area contributed by atoms with Crippen LogP contribution in [-0.4, -0.2) is 41.1 Å². The Balaban J connectivity index is 1.58. The van der Waals surface area contributed by atoms with E-state index in [4.69, 9.17) is 9.05 Å². The Kier molecular flexibility index (Phi) is 3.69. The molecule has 10 heteroatoms. The minimum atomic E-state index is -3.08. The van der Waals surface area contributed by atoms with Crippen molar-refractivity contribution in [3.8, 4) is 11.5 Å². The number of hydrogen-bond donors (Lipinski definition) is 1. The smallest absolute Gasteiger partial charge is 0.246 e. The Morgan fingerprint density at radius 2 is 2.23 bits per heavy atom. The largest absolute Gasteiger partial charge is 0.361 e. The minimum absolute atomic E-state index is 0.0409. The number of hydrogen-bond acceptors (Lipinski definition) is 8. The molecule has 0 aliphatic carbocycles. The Morgan fingerprint density at radius 1 is 1.41 bits per heavy atom. The van der Waals surface area contributed by atoms with E-state index in [1.807, 2.05) is 0 Å². The maximum atomic E-state index is 11.9. The van der Waals surface area contributed by atoms with Gasteiger partial charge in [-0.2, -0.15) is 4.98 Å². The monoisotopic (exact) mass is 326 g/mol. The molecule has 22 heavy (non-hydrogen) atoms. The standard InChI is InChI=1S/C12H14N4O5S/c1-7-4-9(15-20-7)11-14-10(21-16-11)5-13-12(17)8-2-3-22(18,19)6-8/h4,8H,2-3,5-6H2,1H3,(H,13,17)/t8-/m1/s1. The van der Waals surface area contributed by atoms with E-state index in [1.165, 1.54) is 0 Å². The third kappa shape index (κ3) is 3.16. The molecular weight excluding hydrogens is 312 g/mol. The molecule has 0 radical (unpaired) electrons. The molecule has 9 nitrogen and oxygen atoms in total. The molecule has 0 aromatic carbocycles. The minimum Gasteiger partial charge on any atom is -0.361 e. The lowest BCUT2D eigenvalue weighted by Crippen LogP contribution is -2.31. The van der Waals surface area contributed by atoms with Gasteiger partial charge in [-0.25, -0.2) is 8.42 Å². The summed E-state index contributed by atoms with van der Waals surface area (Å²) < 4.78 is 32.6. The maximum Gasteiger partial charge on any atom is 0.246 e. The summed E-state index contributed by atoms with van der Waals surface area (Å²) in [7, 11) is -3.08. The van der Waals surface area contributed by atoms with E-state index < -0.39 is 15.8 Å². The van der Waals surface area contributed by atoms with Crippen LogP contribution in [0.4, 0.5) is 0 Å². The van der Waals surface area contributed by atoms with E-state index in [-0.39, 0.29) is 35.7 Å². The molecule has 0 bridgehead atoms. The van der Waals surface area contributed by atoms with Crippen molar-refractivity contribution < 1.29 is 22.3 Å². The zero-order valence-corrected chi connectivity index (χ0v) is 12.6. The fourth-order valence-corrected chi connectivity index (χ4v) is 3.95. The average molecular weight is 326 g/mol. The average Bonchev–Trinajstić information content (AvgIpc) is 3.15. The third-order valence-corrected chi connectivity index (χ3v) is 5.11. The highest BCUT2D eigenvalue weighted by molar-refractivity contribution is 7.91. The highest BCUT2D eigenvalue weighted by atomic mass is 32.2. The van der Waals surface area contributed by atoms with Gasteiger partial charge in [0.25, 0.3) is 0 Å². The number of nitrogens with zero attached hydrogens (tertiary/aromatic N) is 3. The lowest BCUT2D eigenvalue weighted by atomic mass is 10.1. The quantitative estimate of drug-likeness (QED) is 0.836. The van der Waals surface area contributed by atoms with E-state index in [2.05, 4.69) is 20.6 Å². The molecule has 2 aromatic heterocycles. The van der Waals surface area contributed by atoms with Gasteiger partial charge in [-0.15, -0.1) is 0 Å². The van der Waals surface area contributed by atoms with Gasteiger partial charge in [0.05, 0.1) is 24.0 Å². The Labute approximate surface area is 126 Å². The molecule has 118 valence electrons. The first kappa shape index (κ1) is 14.7. The Morgan fingerprint density at radius 3 is 2.86 bits per heavy atom. The van der Waals surface area contributed by atoms with Crippen LogP contribution in [0.5, 0.6) is 0 Å². The first-order valence-corrected chi connectivity index (χ1v) is 8.49. The molecule has 0 saturated carbocycles. The predicted octanol–water partition coefficient (Wildman–Crippen LogP) is 0.0839. The fraction of sp³-hybridized carbons (Fsp3) is 0.500. The zero-order chi connectivity index (χ0) is 15.7. The van der Waals surface area contributed by atoms with Crippen LogP contribution in [-0.2, 0) is 21.2 Å². The van der Waals surface area contributed by atoms with Gasteiger partial charge in [0.1, 0.15) is 5.76 Å². The first-order chi connectivity index (χ1) is 10.4. The predicted molar refractivity (Wildman–Crippen MR) is 73.1 cm³/mol. The molecule has 1 amide bonds. The van der Waals surface area contributed by atoms with Crippen molar-refractivity contribution in [2.75, 3.05) is 11.5 Å². The van der Waals surface area contributed by atoms with Gasteiger partial charge >= 0.3 is 0 Å². The zero-order valence-electron chi connectivity index (χ0n) is 11.8. The number of aromatic nitrogens is 3. The molecule has 0 spiro atoms. The second-order valence-corrected chi connectivity index (χ2v) is 7.38. The van der Waals surface area contributed by atoms with Gasteiger partial charge in [0.15, 0.2) is 15.5 Å². The van der Waals surface area contributed by atoms with Gasteiger partial charge in [-0.1, -0.05) is 10.3 Å². The van der Waals surface area contributed by atoms with Crippen LogP contribution < -0.4 is 5.32 Å². The van der Waals surface area contributed by atoms with Gasteiger partial charge in [0, 0.05) is 6.07 Å². The van der Waals surface area contributed by atoms with E-state index >= 15 is 0 Å². The molecule has 1 fully saturated rings. The summed E-state index contributed by atoms with van der Waals surface area (Å²) in [5.74, 6) is 0.225. The van der Waals surface area contributed by atoms with Crippen LogP contribution in [0, 0.1) is 12.8 Å². The highest BCUT2D eigenvalue weighted by Crippen LogP contribution is 2.19. The molecule has 1 aliphatic heterocycles. The lowest BCUT2D eigenvalue weighted by molar-refractivity contribution is -0.124. The van der Waals surface area contributed by atoms with E-state index in [1.54, 1.807) is 13.0 Å². The van der Waals surface area contributed by atoms with Gasteiger partial charge in [0.2, 0.25) is 17.6 Å². The fourth-order valence-electron chi connectivity index (χ4n) is 2.21. The van der Waals surface area contributed by atoms with E-state index in [0.717, 1.165) is 0 Å². The summed E-state index contributed by atoms with van der Waals surface area (Å²) in [5, 5.41) is 10.1. The Bertz CT molecular complexity index is 794. The SMILES string of the molecule is Cc1cc(-c2noc(CNC(=O)[C@@H]3CCS(=O)(=O)C3)n2)no1. The van der Waals surface area contributed by atoms with Crippen LogP contribution in [0.15, 0.2) is 15.1 Å². The summed E-state index contributed by atoms with van der Waals surface area (Å²) in [6, 6.07) is 1.66. The van der Waals surface area contributed by atoms with Crippen molar-refractivity contribution in [3.05, 3.63) is 17.7 Å². The number of aryl methyl sites for hydroxylation is 1. The van der Waals surface area contributed by atoms with Gasteiger partial charge in [-0.3, -0.25) is 4.79 Å².